The number of imide groups is 1. The fourth-order valence-electron chi connectivity index (χ4n) is 3.24. The van der Waals surface area contributed by atoms with E-state index in [1.165, 1.54) is 29.2 Å². The first-order valence-corrected chi connectivity index (χ1v) is 9.34. The lowest BCUT2D eigenvalue weighted by Gasteiger charge is -2.19. The van der Waals surface area contributed by atoms with Gasteiger partial charge in [0, 0.05) is 12.2 Å². The van der Waals surface area contributed by atoms with Crippen LogP contribution in [0.1, 0.15) is 18.9 Å². The summed E-state index contributed by atoms with van der Waals surface area (Å²) in [4.78, 5) is 40.4. The van der Waals surface area contributed by atoms with Crippen molar-refractivity contribution in [2.45, 2.75) is 25.8 Å². The van der Waals surface area contributed by atoms with Crippen molar-refractivity contribution in [3.05, 3.63) is 72.6 Å². The number of anilines is 2. The molecule has 150 valence electrons. The van der Waals surface area contributed by atoms with Crippen molar-refractivity contribution in [1.82, 2.24) is 4.90 Å². The van der Waals surface area contributed by atoms with E-state index in [0.29, 0.717) is 5.69 Å². The molecule has 1 heterocycles. The smallest absolute Gasteiger partial charge is 0.326 e. The Morgan fingerprint density at radius 3 is 2.55 bits per heavy atom. The van der Waals surface area contributed by atoms with Crippen molar-refractivity contribution in [3.63, 3.8) is 0 Å². The molecular weight excluding hydrogens is 373 g/mol. The van der Waals surface area contributed by atoms with Crippen molar-refractivity contribution in [2.75, 3.05) is 16.8 Å². The molecule has 1 fully saturated rings. The second-order valence-corrected chi connectivity index (χ2v) is 6.70. The lowest BCUT2D eigenvalue weighted by atomic mass is 10.1. The maximum absolute atomic E-state index is 13.6. The van der Waals surface area contributed by atoms with Gasteiger partial charge in [0.15, 0.2) is 0 Å². The zero-order valence-electron chi connectivity index (χ0n) is 16.1. The summed E-state index contributed by atoms with van der Waals surface area (Å²) in [7, 11) is 0. The zero-order chi connectivity index (χ0) is 21.0. The molecule has 0 radical (unpaired) electrons. The number of benzene rings is 2. The van der Waals surface area contributed by atoms with Crippen LogP contribution in [0, 0.1) is 5.82 Å². The van der Waals surface area contributed by atoms with E-state index >= 15 is 0 Å². The minimum Gasteiger partial charge on any atom is -0.326 e. The van der Waals surface area contributed by atoms with E-state index < -0.39 is 29.7 Å². The fourth-order valence-corrected chi connectivity index (χ4v) is 3.24. The molecule has 1 saturated heterocycles. The molecule has 7 heteroatoms. The van der Waals surface area contributed by atoms with Gasteiger partial charge in [0.25, 0.3) is 5.91 Å². The summed E-state index contributed by atoms with van der Waals surface area (Å²) in [5.74, 6) is -1.52. The third-order valence-electron chi connectivity index (χ3n) is 4.74. The topological polar surface area (TPSA) is 69.7 Å². The van der Waals surface area contributed by atoms with Gasteiger partial charge in [-0.1, -0.05) is 31.2 Å². The predicted octanol–water partition coefficient (Wildman–Crippen LogP) is 3.74. The van der Waals surface area contributed by atoms with Crippen LogP contribution in [0.4, 0.5) is 20.6 Å². The monoisotopic (exact) mass is 395 g/mol. The van der Waals surface area contributed by atoms with Crippen LogP contribution in [0.25, 0.3) is 0 Å². The third-order valence-corrected chi connectivity index (χ3v) is 4.74. The first-order chi connectivity index (χ1) is 13.9. The third kappa shape index (κ3) is 4.34. The number of amides is 4. The van der Waals surface area contributed by atoms with Crippen LogP contribution in [0.3, 0.4) is 0 Å². The number of carbonyl (C=O) groups excluding carboxylic acids is 3. The van der Waals surface area contributed by atoms with E-state index in [4.69, 9.17) is 0 Å². The summed E-state index contributed by atoms with van der Waals surface area (Å²) < 4.78 is 13.6. The van der Waals surface area contributed by atoms with Gasteiger partial charge in [0.05, 0.1) is 12.1 Å². The molecule has 0 aliphatic carbocycles. The summed E-state index contributed by atoms with van der Waals surface area (Å²) in [6, 6.07) is 11.0. The predicted molar refractivity (Wildman–Crippen MR) is 109 cm³/mol. The van der Waals surface area contributed by atoms with Crippen molar-refractivity contribution in [2.24, 2.45) is 0 Å². The molecule has 0 spiro atoms. The van der Waals surface area contributed by atoms with E-state index in [1.54, 1.807) is 12.1 Å². The minimum absolute atomic E-state index is 0.0968. The van der Waals surface area contributed by atoms with Gasteiger partial charge < -0.3 is 10.2 Å². The Morgan fingerprint density at radius 2 is 1.93 bits per heavy atom. The molecule has 1 unspecified atom stereocenters. The highest BCUT2D eigenvalue weighted by Gasteiger charge is 2.46. The summed E-state index contributed by atoms with van der Waals surface area (Å²) in [6.07, 6.45) is 2.16. The van der Waals surface area contributed by atoms with E-state index in [9.17, 15) is 18.8 Å². The molecule has 29 heavy (non-hydrogen) atoms. The molecule has 3 rings (SSSR count). The van der Waals surface area contributed by atoms with E-state index in [1.807, 2.05) is 19.1 Å². The maximum Gasteiger partial charge on any atom is 0.332 e. The Labute approximate surface area is 168 Å². The molecule has 1 aliphatic heterocycles. The van der Waals surface area contributed by atoms with Gasteiger partial charge in [-0.05, 0) is 42.3 Å². The van der Waals surface area contributed by atoms with Crippen LogP contribution in [-0.2, 0) is 16.0 Å². The van der Waals surface area contributed by atoms with E-state index in [0.717, 1.165) is 23.0 Å². The van der Waals surface area contributed by atoms with Crippen molar-refractivity contribution in [1.29, 1.82) is 0 Å². The number of nitrogens with zero attached hydrogens (tertiary/aromatic N) is 2. The van der Waals surface area contributed by atoms with Gasteiger partial charge in [-0.3, -0.25) is 9.59 Å². The molecule has 0 saturated carbocycles. The first kappa shape index (κ1) is 20.3. The number of hydrogen-bond acceptors (Lipinski definition) is 3. The fraction of sp³-hybridized carbons (Fsp3) is 0.227. The number of halogens is 1. The quantitative estimate of drug-likeness (QED) is 0.574. The molecule has 0 aromatic heterocycles. The average Bonchev–Trinajstić information content (AvgIpc) is 2.93. The molecule has 1 aliphatic rings. The Morgan fingerprint density at radius 1 is 1.21 bits per heavy atom. The van der Waals surface area contributed by atoms with Gasteiger partial charge in [0.2, 0.25) is 5.91 Å². The molecule has 4 amide bonds. The SMILES string of the molecule is C=CCN1C(=O)N(c2cccc(F)c2)C(=O)C1CC(=O)Nc1ccc(CC)cc1. The van der Waals surface area contributed by atoms with Crippen LogP contribution in [-0.4, -0.2) is 35.3 Å². The maximum atomic E-state index is 13.6. The molecular formula is C22H22FN3O3. The van der Waals surface area contributed by atoms with E-state index in [-0.39, 0.29) is 18.7 Å². The second kappa shape index (κ2) is 8.68. The van der Waals surface area contributed by atoms with Crippen LogP contribution < -0.4 is 10.2 Å². The number of hydrogen-bond donors (Lipinski definition) is 1. The van der Waals surface area contributed by atoms with Crippen molar-refractivity contribution < 1.29 is 18.8 Å². The van der Waals surface area contributed by atoms with Gasteiger partial charge >= 0.3 is 6.03 Å². The standard InChI is InChI=1S/C22H22FN3O3/c1-3-12-25-19(14-20(27)24-17-10-8-15(4-2)9-11-17)21(28)26(22(25)29)18-7-5-6-16(23)13-18/h3,5-11,13,19H,1,4,12,14H2,2H3,(H,24,27). The number of urea groups is 1. The molecule has 2 aromatic carbocycles. The molecule has 6 nitrogen and oxygen atoms in total. The van der Waals surface area contributed by atoms with Gasteiger partial charge in [-0.15, -0.1) is 6.58 Å². The molecule has 1 N–H and O–H groups in total. The van der Waals surface area contributed by atoms with Crippen molar-refractivity contribution in [3.8, 4) is 0 Å². The first-order valence-electron chi connectivity index (χ1n) is 9.34. The van der Waals surface area contributed by atoms with Crippen molar-refractivity contribution >= 4 is 29.2 Å². The minimum atomic E-state index is -0.987. The van der Waals surface area contributed by atoms with Crippen LogP contribution in [0.5, 0.6) is 0 Å². The summed E-state index contributed by atoms with van der Waals surface area (Å²) in [6.45, 7) is 5.74. The Kier molecular flexibility index (Phi) is 6.07. The number of nitrogens with one attached hydrogen (secondary N) is 1. The Bertz CT molecular complexity index is 943. The Balaban J connectivity index is 1.78. The van der Waals surface area contributed by atoms with Crippen LogP contribution >= 0.6 is 0 Å². The summed E-state index contributed by atoms with van der Waals surface area (Å²) >= 11 is 0. The van der Waals surface area contributed by atoms with Crippen LogP contribution in [0.15, 0.2) is 61.2 Å². The highest BCUT2D eigenvalue weighted by atomic mass is 19.1. The largest absolute Gasteiger partial charge is 0.332 e. The van der Waals surface area contributed by atoms with Gasteiger partial charge in [0.1, 0.15) is 11.9 Å². The number of carbonyl (C=O) groups is 3. The van der Waals surface area contributed by atoms with Gasteiger partial charge in [-0.2, -0.15) is 0 Å². The summed E-state index contributed by atoms with van der Waals surface area (Å²) in [5.41, 5.74) is 1.89. The highest BCUT2D eigenvalue weighted by molar-refractivity contribution is 6.22. The number of rotatable bonds is 7. The number of aryl methyl sites for hydroxylation is 1. The van der Waals surface area contributed by atoms with Gasteiger partial charge in [-0.25, -0.2) is 14.1 Å². The normalized spacial score (nSPS) is 16.3. The Hall–Kier alpha value is -3.48. The molecule has 2 aromatic rings. The second-order valence-electron chi connectivity index (χ2n) is 6.70. The lowest BCUT2D eigenvalue weighted by Crippen LogP contribution is -2.38. The van der Waals surface area contributed by atoms with E-state index in [2.05, 4.69) is 11.9 Å². The average molecular weight is 395 g/mol. The molecule has 0 bridgehead atoms. The molecule has 1 atom stereocenters. The highest BCUT2D eigenvalue weighted by Crippen LogP contribution is 2.27. The zero-order valence-corrected chi connectivity index (χ0v) is 16.1. The summed E-state index contributed by atoms with van der Waals surface area (Å²) in [5, 5.41) is 2.75. The lowest BCUT2D eigenvalue weighted by molar-refractivity contribution is -0.124. The van der Waals surface area contributed by atoms with Crippen LogP contribution in [0.2, 0.25) is 0 Å².